The number of rotatable bonds is 6. The van der Waals surface area contributed by atoms with Crippen LogP contribution in [0.5, 0.6) is 0 Å². The summed E-state index contributed by atoms with van der Waals surface area (Å²) in [5.74, 6) is -1.40. The minimum Gasteiger partial charge on any atom is -0.481 e. The topological polar surface area (TPSA) is 95.9 Å². The van der Waals surface area contributed by atoms with E-state index in [9.17, 15) is 14.4 Å². The van der Waals surface area contributed by atoms with E-state index in [2.05, 4.69) is 29.6 Å². The van der Waals surface area contributed by atoms with Crippen LogP contribution < -0.4 is 5.32 Å². The fourth-order valence-corrected chi connectivity index (χ4v) is 5.72. The summed E-state index contributed by atoms with van der Waals surface area (Å²) in [5.41, 5.74) is 3.98. The molecular weight excluding hydrogens is 432 g/mol. The number of nitrogens with one attached hydrogen (secondary N) is 1. The zero-order valence-electron chi connectivity index (χ0n) is 19.2. The van der Waals surface area contributed by atoms with Crippen LogP contribution >= 0.6 is 0 Å². The highest BCUT2D eigenvalue weighted by Gasteiger charge is 2.47. The normalized spacial score (nSPS) is 19.0. The third kappa shape index (κ3) is 4.04. The van der Waals surface area contributed by atoms with Gasteiger partial charge in [0.05, 0.1) is 11.3 Å². The van der Waals surface area contributed by atoms with E-state index in [1.807, 2.05) is 24.3 Å². The van der Waals surface area contributed by atoms with E-state index in [1.54, 1.807) is 4.90 Å². The predicted molar refractivity (Wildman–Crippen MR) is 126 cm³/mol. The maximum absolute atomic E-state index is 13.3. The first-order chi connectivity index (χ1) is 16.5. The van der Waals surface area contributed by atoms with Crippen LogP contribution in [0, 0.1) is 11.3 Å². The average molecular weight is 463 g/mol. The molecule has 5 rings (SSSR count). The van der Waals surface area contributed by atoms with E-state index in [-0.39, 0.29) is 38.1 Å². The van der Waals surface area contributed by atoms with Crippen molar-refractivity contribution in [1.29, 1.82) is 0 Å². The summed E-state index contributed by atoms with van der Waals surface area (Å²) in [6.07, 6.45) is 3.79. The maximum atomic E-state index is 13.3. The molecule has 2 aromatic rings. The Morgan fingerprint density at radius 1 is 0.941 bits per heavy atom. The Labute approximate surface area is 199 Å². The van der Waals surface area contributed by atoms with Crippen molar-refractivity contribution in [3.05, 3.63) is 59.7 Å². The number of carboxylic acid groups (broad SMARTS) is 1. The number of likely N-dealkylation sites (tertiary alicyclic amines) is 1. The van der Waals surface area contributed by atoms with Gasteiger partial charge in [-0.3, -0.25) is 9.59 Å². The Kier molecular flexibility index (Phi) is 6.02. The molecule has 7 nitrogen and oxygen atoms in total. The summed E-state index contributed by atoms with van der Waals surface area (Å²) in [6.45, 7) is 0.950. The van der Waals surface area contributed by atoms with Crippen LogP contribution in [-0.4, -0.2) is 54.2 Å². The van der Waals surface area contributed by atoms with Crippen LogP contribution in [0.2, 0.25) is 0 Å². The van der Waals surface area contributed by atoms with Crippen molar-refractivity contribution in [1.82, 2.24) is 10.2 Å². The largest absolute Gasteiger partial charge is 0.481 e. The number of ether oxygens (including phenoxy) is 1. The van der Waals surface area contributed by atoms with E-state index in [0.29, 0.717) is 12.8 Å². The summed E-state index contributed by atoms with van der Waals surface area (Å²) in [7, 11) is 0. The second kappa shape index (κ2) is 9.12. The first-order valence-electron chi connectivity index (χ1n) is 12.1. The van der Waals surface area contributed by atoms with Gasteiger partial charge in [-0.2, -0.15) is 0 Å². The lowest BCUT2D eigenvalue weighted by molar-refractivity contribution is -0.159. The maximum Gasteiger partial charge on any atom is 0.407 e. The van der Waals surface area contributed by atoms with Crippen molar-refractivity contribution in [2.45, 2.75) is 38.0 Å². The Hall–Kier alpha value is -3.35. The number of carbonyl (C=O) groups is 3. The fourth-order valence-electron chi connectivity index (χ4n) is 5.72. The molecule has 1 aliphatic heterocycles. The molecule has 1 heterocycles. The number of carboxylic acids is 1. The van der Waals surface area contributed by atoms with Gasteiger partial charge in [-0.1, -0.05) is 67.8 Å². The highest BCUT2D eigenvalue weighted by atomic mass is 16.5. The molecule has 0 spiro atoms. The van der Waals surface area contributed by atoms with E-state index in [1.165, 1.54) is 11.1 Å². The standard InChI is InChI=1S/C27H30N2O5/c30-24(31)18-14-29(15-18)25(32)27(12-6-1-7-13-27)17-28-26(33)34-16-23-21-10-4-2-8-19(21)20-9-3-5-11-22(20)23/h2-5,8-11,18,23H,1,6-7,12-17H2,(H,28,33)(H,30,31). The molecule has 2 amide bonds. The Morgan fingerprint density at radius 3 is 2.12 bits per heavy atom. The molecule has 34 heavy (non-hydrogen) atoms. The summed E-state index contributed by atoms with van der Waals surface area (Å²) >= 11 is 0. The van der Waals surface area contributed by atoms with Gasteiger partial charge in [0.25, 0.3) is 0 Å². The zero-order chi connectivity index (χ0) is 23.7. The summed E-state index contributed by atoms with van der Waals surface area (Å²) in [6, 6.07) is 16.4. The first kappa shape index (κ1) is 22.4. The summed E-state index contributed by atoms with van der Waals surface area (Å²) in [5, 5.41) is 12.0. The minimum absolute atomic E-state index is 0.0162. The number of hydrogen-bond donors (Lipinski definition) is 2. The number of carbonyl (C=O) groups excluding carboxylic acids is 2. The predicted octanol–water partition coefficient (Wildman–Crippen LogP) is 4.02. The van der Waals surface area contributed by atoms with Crippen LogP contribution in [0.15, 0.2) is 48.5 Å². The third-order valence-corrected chi connectivity index (χ3v) is 7.70. The van der Waals surface area contributed by atoms with Crippen LogP contribution in [0.4, 0.5) is 4.79 Å². The first-order valence-corrected chi connectivity index (χ1v) is 12.1. The van der Waals surface area contributed by atoms with Crippen molar-refractivity contribution >= 4 is 18.0 Å². The molecule has 0 radical (unpaired) electrons. The van der Waals surface area contributed by atoms with Crippen molar-refractivity contribution in [2.24, 2.45) is 11.3 Å². The molecule has 3 aliphatic rings. The Balaban J connectivity index is 1.21. The van der Waals surface area contributed by atoms with Crippen LogP contribution in [0.1, 0.15) is 49.1 Å². The lowest BCUT2D eigenvalue weighted by Gasteiger charge is -2.45. The van der Waals surface area contributed by atoms with Gasteiger partial charge in [-0.15, -0.1) is 0 Å². The van der Waals surface area contributed by atoms with Crippen molar-refractivity contribution in [2.75, 3.05) is 26.2 Å². The van der Waals surface area contributed by atoms with Gasteiger partial charge in [-0.25, -0.2) is 4.79 Å². The summed E-state index contributed by atoms with van der Waals surface area (Å²) < 4.78 is 5.65. The highest BCUT2D eigenvalue weighted by Crippen LogP contribution is 2.44. The molecule has 2 aromatic carbocycles. The smallest absolute Gasteiger partial charge is 0.407 e. The number of hydrogen-bond acceptors (Lipinski definition) is 4. The highest BCUT2D eigenvalue weighted by molar-refractivity contribution is 5.86. The van der Waals surface area contributed by atoms with Gasteiger partial charge >= 0.3 is 12.1 Å². The van der Waals surface area contributed by atoms with Crippen molar-refractivity contribution in [3.8, 4) is 11.1 Å². The molecule has 178 valence electrons. The van der Waals surface area contributed by atoms with E-state index < -0.39 is 23.4 Å². The lowest BCUT2D eigenvalue weighted by Crippen LogP contribution is -2.59. The van der Waals surface area contributed by atoms with Gasteiger partial charge in [0.1, 0.15) is 6.61 Å². The Morgan fingerprint density at radius 2 is 1.53 bits per heavy atom. The number of fused-ring (bicyclic) bond motifs is 3. The molecule has 2 N–H and O–H groups in total. The van der Waals surface area contributed by atoms with Crippen LogP contribution in [0.25, 0.3) is 11.1 Å². The average Bonchev–Trinajstić information content (AvgIpc) is 3.14. The number of aliphatic carboxylic acids is 1. The molecule has 0 bridgehead atoms. The quantitative estimate of drug-likeness (QED) is 0.676. The third-order valence-electron chi connectivity index (χ3n) is 7.70. The molecular formula is C27H30N2O5. The second-order valence-electron chi connectivity index (χ2n) is 9.77. The number of amides is 2. The lowest BCUT2D eigenvalue weighted by atomic mass is 9.72. The number of nitrogens with zero attached hydrogens (tertiary/aromatic N) is 1. The number of benzene rings is 2. The monoisotopic (exact) mass is 462 g/mol. The zero-order valence-corrected chi connectivity index (χ0v) is 19.2. The SMILES string of the molecule is O=C(NCC1(C(=O)N2CC(C(=O)O)C2)CCCCC1)OCC1c2ccccc2-c2ccccc21. The van der Waals surface area contributed by atoms with Crippen molar-refractivity contribution in [3.63, 3.8) is 0 Å². The molecule has 2 fully saturated rings. The molecule has 0 aromatic heterocycles. The molecule has 0 atom stereocenters. The van der Waals surface area contributed by atoms with E-state index in [0.717, 1.165) is 30.4 Å². The molecule has 7 heteroatoms. The van der Waals surface area contributed by atoms with Gasteiger partial charge in [0.2, 0.25) is 5.91 Å². The Bertz CT molecular complexity index is 1060. The summed E-state index contributed by atoms with van der Waals surface area (Å²) in [4.78, 5) is 38.7. The van der Waals surface area contributed by atoms with Crippen molar-refractivity contribution < 1.29 is 24.2 Å². The van der Waals surface area contributed by atoms with E-state index >= 15 is 0 Å². The molecule has 1 saturated carbocycles. The van der Waals surface area contributed by atoms with E-state index in [4.69, 9.17) is 9.84 Å². The number of alkyl carbamates (subject to hydrolysis) is 1. The van der Waals surface area contributed by atoms with Gasteiger partial charge in [0, 0.05) is 25.6 Å². The second-order valence-corrected chi connectivity index (χ2v) is 9.77. The van der Waals surface area contributed by atoms with Gasteiger partial charge in [0.15, 0.2) is 0 Å². The molecule has 2 aliphatic carbocycles. The molecule has 1 saturated heterocycles. The minimum atomic E-state index is -0.862. The van der Waals surface area contributed by atoms with Crippen LogP contribution in [0.3, 0.4) is 0 Å². The van der Waals surface area contributed by atoms with Crippen LogP contribution in [-0.2, 0) is 14.3 Å². The fraction of sp³-hybridized carbons (Fsp3) is 0.444. The molecule has 0 unspecified atom stereocenters. The van der Waals surface area contributed by atoms with Gasteiger partial charge in [-0.05, 0) is 35.1 Å². The van der Waals surface area contributed by atoms with Gasteiger partial charge < -0.3 is 20.1 Å².